The van der Waals surface area contributed by atoms with Crippen LogP contribution < -0.4 is 4.74 Å². The quantitative estimate of drug-likeness (QED) is 0.732. The highest BCUT2D eigenvalue weighted by Crippen LogP contribution is 2.16. The zero-order valence-electron chi connectivity index (χ0n) is 13.8. The summed E-state index contributed by atoms with van der Waals surface area (Å²) >= 11 is 0. The summed E-state index contributed by atoms with van der Waals surface area (Å²) < 4.78 is 27.9. The van der Waals surface area contributed by atoms with Crippen molar-refractivity contribution in [1.29, 1.82) is 0 Å². The van der Waals surface area contributed by atoms with E-state index in [0.29, 0.717) is 19.7 Å². The number of hydrogen-bond acceptors (Lipinski definition) is 4. The Labute approximate surface area is 133 Å². The molecule has 0 bridgehead atoms. The predicted molar refractivity (Wildman–Crippen MR) is 88.0 cm³/mol. The molecule has 1 aromatic rings. The van der Waals surface area contributed by atoms with Crippen LogP contribution in [0.4, 0.5) is 0 Å². The average molecular weight is 327 g/mol. The first-order valence-electron chi connectivity index (χ1n) is 7.38. The van der Waals surface area contributed by atoms with E-state index in [-0.39, 0.29) is 18.1 Å². The summed E-state index contributed by atoms with van der Waals surface area (Å²) in [5.74, 6) is 0.514. The second-order valence-electron chi connectivity index (χ2n) is 5.45. The van der Waals surface area contributed by atoms with Gasteiger partial charge in [0.1, 0.15) is 22.2 Å². The molecule has 0 aliphatic heterocycles. The van der Waals surface area contributed by atoms with Crippen LogP contribution in [0.1, 0.15) is 24.5 Å². The molecule has 0 aliphatic carbocycles. The fraction of sp³-hybridized carbons (Fsp3) is 0.562. The van der Waals surface area contributed by atoms with Gasteiger partial charge < -0.3 is 9.64 Å². The van der Waals surface area contributed by atoms with Gasteiger partial charge in [-0.15, -0.1) is 0 Å². The normalized spacial score (nSPS) is 11.3. The van der Waals surface area contributed by atoms with Crippen molar-refractivity contribution in [1.82, 2.24) is 4.90 Å². The maximum absolute atomic E-state index is 12.0. The Morgan fingerprint density at radius 3 is 2.45 bits per heavy atom. The van der Waals surface area contributed by atoms with Gasteiger partial charge in [-0.1, -0.05) is 6.07 Å². The largest absolute Gasteiger partial charge is 0.492 e. The maximum Gasteiger partial charge on any atom is 0.223 e. The van der Waals surface area contributed by atoms with Crippen molar-refractivity contribution in [2.75, 3.05) is 31.7 Å². The lowest BCUT2D eigenvalue weighted by Gasteiger charge is -2.21. The second kappa shape index (κ2) is 8.17. The molecule has 0 aliphatic rings. The number of carbonyl (C=O) groups is 1. The predicted octanol–water partition coefficient (Wildman–Crippen LogP) is 1.97. The molecule has 5 nitrogen and oxygen atoms in total. The number of benzene rings is 1. The van der Waals surface area contributed by atoms with Crippen LogP contribution in [0.25, 0.3) is 0 Å². The molecule has 124 valence electrons. The van der Waals surface area contributed by atoms with E-state index in [2.05, 4.69) is 0 Å². The molecule has 0 saturated heterocycles. The zero-order chi connectivity index (χ0) is 16.8. The third kappa shape index (κ3) is 6.47. The topological polar surface area (TPSA) is 63.7 Å². The number of amides is 1. The first kappa shape index (κ1) is 18.5. The number of ether oxygens (including phenoxy) is 1. The molecule has 1 amide bonds. The summed E-state index contributed by atoms with van der Waals surface area (Å²) in [6.07, 6.45) is 1.16. The Bertz CT molecular complexity index is 611. The number of rotatable bonds is 8. The molecule has 1 aromatic carbocycles. The molecule has 0 unspecified atom stereocenters. The third-order valence-electron chi connectivity index (χ3n) is 3.53. The van der Waals surface area contributed by atoms with Crippen molar-refractivity contribution in [3.05, 3.63) is 29.3 Å². The second-order valence-corrected chi connectivity index (χ2v) is 7.71. The monoisotopic (exact) mass is 327 g/mol. The summed E-state index contributed by atoms with van der Waals surface area (Å²) in [7, 11) is -3.11. The highest BCUT2D eigenvalue weighted by molar-refractivity contribution is 7.90. The van der Waals surface area contributed by atoms with Gasteiger partial charge in [-0.2, -0.15) is 0 Å². The Morgan fingerprint density at radius 1 is 1.23 bits per heavy atom. The van der Waals surface area contributed by atoms with Gasteiger partial charge in [-0.05, 0) is 44.0 Å². The minimum absolute atomic E-state index is 0.0241. The number of likely N-dealkylation sites (N-methyl/N-ethyl adjacent to an activating group) is 1. The fourth-order valence-electron chi connectivity index (χ4n) is 1.97. The van der Waals surface area contributed by atoms with Crippen LogP contribution in [0.2, 0.25) is 0 Å². The van der Waals surface area contributed by atoms with Crippen molar-refractivity contribution >= 4 is 15.7 Å². The Balaban J connectivity index is 2.46. The van der Waals surface area contributed by atoms with E-state index in [1.807, 2.05) is 39.0 Å². The van der Waals surface area contributed by atoms with E-state index < -0.39 is 9.84 Å². The number of sulfone groups is 1. The van der Waals surface area contributed by atoms with Gasteiger partial charge in [0.15, 0.2) is 0 Å². The Hall–Kier alpha value is -1.56. The number of hydrogen-bond donors (Lipinski definition) is 0. The van der Waals surface area contributed by atoms with Crippen molar-refractivity contribution in [2.24, 2.45) is 0 Å². The third-order valence-corrected chi connectivity index (χ3v) is 4.48. The van der Waals surface area contributed by atoms with Gasteiger partial charge in [0, 0.05) is 19.2 Å². The van der Waals surface area contributed by atoms with E-state index in [0.717, 1.165) is 17.6 Å². The smallest absolute Gasteiger partial charge is 0.223 e. The molecule has 0 N–H and O–H groups in total. The van der Waals surface area contributed by atoms with Crippen LogP contribution in [0.3, 0.4) is 0 Å². The summed E-state index contributed by atoms with van der Waals surface area (Å²) in [6.45, 7) is 7.31. The summed E-state index contributed by atoms with van der Waals surface area (Å²) in [6, 6.07) is 5.88. The molecule has 0 fully saturated rings. The van der Waals surface area contributed by atoms with Crippen LogP contribution in [0, 0.1) is 13.8 Å². The van der Waals surface area contributed by atoms with Gasteiger partial charge in [0.25, 0.3) is 0 Å². The van der Waals surface area contributed by atoms with E-state index >= 15 is 0 Å². The standard InChI is InChI=1S/C16H25NO4S/c1-5-17(16(18)8-11-22(4,19)20)9-10-21-15-7-6-13(2)14(3)12-15/h6-7,12H,5,8-11H2,1-4H3. The SMILES string of the molecule is CCN(CCOc1ccc(C)c(C)c1)C(=O)CCS(C)(=O)=O. The van der Waals surface area contributed by atoms with Gasteiger partial charge in [0.05, 0.1) is 12.3 Å². The minimum atomic E-state index is -3.11. The Kier molecular flexibility index (Phi) is 6.87. The summed E-state index contributed by atoms with van der Waals surface area (Å²) in [5.41, 5.74) is 2.37. The van der Waals surface area contributed by atoms with Gasteiger partial charge in [0.2, 0.25) is 5.91 Å². The number of carbonyl (C=O) groups excluding carboxylic acids is 1. The maximum atomic E-state index is 12.0. The highest BCUT2D eigenvalue weighted by Gasteiger charge is 2.14. The van der Waals surface area contributed by atoms with Crippen LogP contribution in [0.15, 0.2) is 18.2 Å². The van der Waals surface area contributed by atoms with Crippen molar-refractivity contribution < 1.29 is 17.9 Å². The van der Waals surface area contributed by atoms with E-state index in [9.17, 15) is 13.2 Å². The molecule has 6 heteroatoms. The molecule has 22 heavy (non-hydrogen) atoms. The molecule has 0 saturated carbocycles. The molecular formula is C16H25NO4S. The lowest BCUT2D eigenvalue weighted by atomic mass is 10.1. The van der Waals surface area contributed by atoms with E-state index in [1.54, 1.807) is 4.90 Å². The first-order valence-corrected chi connectivity index (χ1v) is 9.44. The molecule has 0 heterocycles. The van der Waals surface area contributed by atoms with Gasteiger partial charge >= 0.3 is 0 Å². The lowest BCUT2D eigenvalue weighted by Crippen LogP contribution is -2.35. The lowest BCUT2D eigenvalue weighted by molar-refractivity contribution is -0.130. The van der Waals surface area contributed by atoms with E-state index in [4.69, 9.17) is 4.74 Å². The number of nitrogens with zero attached hydrogens (tertiary/aromatic N) is 1. The van der Waals surface area contributed by atoms with E-state index in [1.165, 1.54) is 5.56 Å². The summed E-state index contributed by atoms with van der Waals surface area (Å²) in [5, 5.41) is 0. The van der Waals surface area contributed by atoms with Gasteiger partial charge in [-0.3, -0.25) is 4.79 Å². The highest BCUT2D eigenvalue weighted by atomic mass is 32.2. The molecule has 0 atom stereocenters. The Morgan fingerprint density at radius 2 is 1.91 bits per heavy atom. The molecular weight excluding hydrogens is 302 g/mol. The van der Waals surface area contributed by atoms with Crippen LogP contribution in [-0.4, -0.2) is 50.9 Å². The van der Waals surface area contributed by atoms with Crippen molar-refractivity contribution in [3.63, 3.8) is 0 Å². The van der Waals surface area contributed by atoms with Crippen LogP contribution in [0.5, 0.6) is 5.75 Å². The average Bonchev–Trinajstić information content (AvgIpc) is 2.44. The fourth-order valence-corrected chi connectivity index (χ4v) is 2.51. The first-order chi connectivity index (χ1) is 10.2. The molecule has 0 spiro atoms. The zero-order valence-corrected chi connectivity index (χ0v) is 14.6. The molecule has 0 radical (unpaired) electrons. The molecule has 1 rings (SSSR count). The van der Waals surface area contributed by atoms with Crippen LogP contribution in [-0.2, 0) is 14.6 Å². The minimum Gasteiger partial charge on any atom is -0.492 e. The van der Waals surface area contributed by atoms with Crippen LogP contribution >= 0.6 is 0 Å². The van der Waals surface area contributed by atoms with Crippen molar-refractivity contribution in [2.45, 2.75) is 27.2 Å². The van der Waals surface area contributed by atoms with Crippen molar-refractivity contribution in [3.8, 4) is 5.75 Å². The summed E-state index contributed by atoms with van der Waals surface area (Å²) in [4.78, 5) is 13.6. The number of aryl methyl sites for hydroxylation is 2. The molecule has 0 aromatic heterocycles. The van der Waals surface area contributed by atoms with Gasteiger partial charge in [-0.25, -0.2) is 8.42 Å².